The lowest BCUT2D eigenvalue weighted by molar-refractivity contribution is -0.138. The zero-order chi connectivity index (χ0) is 14.0. The summed E-state index contributed by atoms with van der Waals surface area (Å²) in [5, 5.41) is 0. The second-order valence-corrected chi connectivity index (χ2v) is 3.96. The molecule has 0 aliphatic rings. The second kappa shape index (κ2) is 4.97. The molecule has 2 aromatic rings. The Bertz CT molecular complexity index is 581. The van der Waals surface area contributed by atoms with E-state index in [1.807, 2.05) is 0 Å². The van der Waals surface area contributed by atoms with Gasteiger partial charge in [0.05, 0.1) is 17.8 Å². The third-order valence-electron chi connectivity index (χ3n) is 2.74. The lowest BCUT2D eigenvalue weighted by Crippen LogP contribution is -2.19. The highest BCUT2D eigenvalue weighted by Gasteiger charge is 2.34. The number of halogens is 4. The number of pyridine rings is 1. The maximum atomic E-state index is 13.5. The Morgan fingerprint density at radius 2 is 1.74 bits per heavy atom. The van der Waals surface area contributed by atoms with Gasteiger partial charge in [-0.3, -0.25) is 4.98 Å². The van der Waals surface area contributed by atoms with Crippen LogP contribution in [0.5, 0.6) is 0 Å². The minimum Gasteiger partial charge on any atom is -0.320 e. The monoisotopic (exact) mass is 270 g/mol. The number of alkyl halides is 3. The quantitative estimate of drug-likeness (QED) is 0.850. The molecule has 2 nitrogen and oxygen atoms in total. The lowest BCUT2D eigenvalue weighted by Gasteiger charge is -2.18. The third-order valence-corrected chi connectivity index (χ3v) is 2.74. The van der Waals surface area contributed by atoms with E-state index in [2.05, 4.69) is 4.98 Å². The number of rotatable bonds is 2. The first kappa shape index (κ1) is 13.5. The van der Waals surface area contributed by atoms with Gasteiger partial charge in [-0.2, -0.15) is 13.2 Å². The molecule has 0 saturated heterocycles. The Morgan fingerprint density at radius 3 is 2.37 bits per heavy atom. The Kier molecular flexibility index (Phi) is 3.53. The molecular formula is C13H10F4N2. The van der Waals surface area contributed by atoms with E-state index in [4.69, 9.17) is 5.73 Å². The smallest absolute Gasteiger partial charge is 0.320 e. The molecule has 2 N–H and O–H groups in total. The SMILES string of the molecule is NC(c1ccncc1F)c1ccccc1C(F)(F)F. The fourth-order valence-corrected chi connectivity index (χ4v) is 1.83. The fourth-order valence-electron chi connectivity index (χ4n) is 1.83. The molecule has 1 heterocycles. The first-order valence-electron chi connectivity index (χ1n) is 5.42. The van der Waals surface area contributed by atoms with Gasteiger partial charge in [-0.1, -0.05) is 18.2 Å². The maximum Gasteiger partial charge on any atom is 0.416 e. The first-order chi connectivity index (χ1) is 8.91. The van der Waals surface area contributed by atoms with E-state index in [0.29, 0.717) is 0 Å². The molecule has 0 radical (unpaired) electrons. The molecule has 0 saturated carbocycles. The van der Waals surface area contributed by atoms with Crippen LogP contribution in [0, 0.1) is 5.82 Å². The molecule has 2 rings (SSSR count). The molecule has 0 aliphatic carbocycles. The van der Waals surface area contributed by atoms with E-state index < -0.39 is 23.6 Å². The van der Waals surface area contributed by atoms with Crippen molar-refractivity contribution >= 4 is 0 Å². The van der Waals surface area contributed by atoms with E-state index in [1.54, 1.807) is 0 Å². The van der Waals surface area contributed by atoms with Crippen LogP contribution in [-0.4, -0.2) is 4.98 Å². The fraction of sp³-hybridized carbons (Fsp3) is 0.154. The lowest BCUT2D eigenvalue weighted by atomic mass is 9.95. The van der Waals surface area contributed by atoms with E-state index in [0.717, 1.165) is 12.3 Å². The standard InChI is InChI=1S/C13H10F4N2/c14-11-7-19-6-5-9(11)12(18)8-3-1-2-4-10(8)13(15,16)17/h1-7,12H,18H2. The van der Waals surface area contributed by atoms with Crippen LogP contribution in [0.1, 0.15) is 22.7 Å². The summed E-state index contributed by atoms with van der Waals surface area (Å²) >= 11 is 0. The highest BCUT2D eigenvalue weighted by Crippen LogP contribution is 2.35. The molecule has 100 valence electrons. The second-order valence-electron chi connectivity index (χ2n) is 3.96. The van der Waals surface area contributed by atoms with Crippen LogP contribution >= 0.6 is 0 Å². The van der Waals surface area contributed by atoms with Crippen molar-refractivity contribution in [3.63, 3.8) is 0 Å². The largest absolute Gasteiger partial charge is 0.416 e. The highest BCUT2D eigenvalue weighted by molar-refractivity contribution is 5.38. The van der Waals surface area contributed by atoms with Crippen molar-refractivity contribution in [3.05, 3.63) is 65.2 Å². The van der Waals surface area contributed by atoms with Crippen molar-refractivity contribution in [3.8, 4) is 0 Å². The number of aromatic nitrogens is 1. The number of benzene rings is 1. The summed E-state index contributed by atoms with van der Waals surface area (Å²) in [5.74, 6) is -0.730. The summed E-state index contributed by atoms with van der Waals surface area (Å²) in [4.78, 5) is 3.54. The predicted molar refractivity (Wildman–Crippen MR) is 61.7 cm³/mol. The van der Waals surface area contributed by atoms with Crippen LogP contribution in [0.2, 0.25) is 0 Å². The molecule has 0 bridgehead atoms. The number of nitrogens with zero attached hydrogens (tertiary/aromatic N) is 1. The van der Waals surface area contributed by atoms with Crippen LogP contribution in [0.3, 0.4) is 0 Å². The number of nitrogens with two attached hydrogens (primary N) is 1. The molecule has 0 amide bonds. The normalized spacial score (nSPS) is 13.3. The Labute approximate surface area is 106 Å². The Balaban J connectivity index is 2.51. The summed E-state index contributed by atoms with van der Waals surface area (Å²) in [7, 11) is 0. The van der Waals surface area contributed by atoms with Gasteiger partial charge in [0, 0.05) is 11.8 Å². The molecule has 0 aliphatic heterocycles. The number of hydrogen-bond donors (Lipinski definition) is 1. The van der Waals surface area contributed by atoms with Crippen molar-refractivity contribution in [2.75, 3.05) is 0 Å². The summed E-state index contributed by atoms with van der Waals surface area (Å²) in [6.07, 6.45) is -2.32. The van der Waals surface area contributed by atoms with Gasteiger partial charge >= 0.3 is 6.18 Å². The maximum absolute atomic E-state index is 13.5. The van der Waals surface area contributed by atoms with Crippen molar-refractivity contribution in [2.24, 2.45) is 5.73 Å². The van der Waals surface area contributed by atoms with Crippen LogP contribution < -0.4 is 5.73 Å². The molecule has 1 aromatic heterocycles. The number of hydrogen-bond acceptors (Lipinski definition) is 2. The van der Waals surface area contributed by atoms with Crippen LogP contribution in [0.25, 0.3) is 0 Å². The van der Waals surface area contributed by atoms with Gasteiger partial charge in [-0.05, 0) is 17.7 Å². The van der Waals surface area contributed by atoms with Gasteiger partial charge in [0.15, 0.2) is 0 Å². The van der Waals surface area contributed by atoms with E-state index in [9.17, 15) is 17.6 Å². The van der Waals surface area contributed by atoms with E-state index in [-0.39, 0.29) is 11.1 Å². The minimum absolute atomic E-state index is 0.0216. The molecule has 1 atom stereocenters. The van der Waals surface area contributed by atoms with Gasteiger partial charge < -0.3 is 5.73 Å². The van der Waals surface area contributed by atoms with Crippen molar-refractivity contribution in [1.29, 1.82) is 0 Å². The van der Waals surface area contributed by atoms with Gasteiger partial charge in [-0.25, -0.2) is 4.39 Å². The van der Waals surface area contributed by atoms with Gasteiger partial charge in [0.2, 0.25) is 0 Å². The predicted octanol–water partition coefficient (Wildman–Crippen LogP) is 3.29. The Hall–Kier alpha value is -1.95. The van der Waals surface area contributed by atoms with Gasteiger partial charge in [-0.15, -0.1) is 0 Å². The Morgan fingerprint density at radius 1 is 1.05 bits per heavy atom. The van der Waals surface area contributed by atoms with Crippen LogP contribution in [0.15, 0.2) is 42.7 Å². The van der Waals surface area contributed by atoms with Gasteiger partial charge in [0.25, 0.3) is 0 Å². The molecule has 1 unspecified atom stereocenters. The first-order valence-corrected chi connectivity index (χ1v) is 5.42. The van der Waals surface area contributed by atoms with Crippen LogP contribution in [0.4, 0.5) is 17.6 Å². The average molecular weight is 270 g/mol. The van der Waals surface area contributed by atoms with Gasteiger partial charge in [0.1, 0.15) is 5.82 Å². The molecule has 6 heteroatoms. The van der Waals surface area contributed by atoms with E-state index in [1.165, 1.54) is 30.5 Å². The van der Waals surface area contributed by atoms with Crippen molar-refractivity contribution in [2.45, 2.75) is 12.2 Å². The average Bonchev–Trinajstić information content (AvgIpc) is 2.37. The molecule has 0 spiro atoms. The highest BCUT2D eigenvalue weighted by atomic mass is 19.4. The topological polar surface area (TPSA) is 38.9 Å². The summed E-state index contributed by atoms with van der Waals surface area (Å²) in [5.41, 5.74) is 4.70. The van der Waals surface area contributed by atoms with Crippen LogP contribution in [-0.2, 0) is 6.18 Å². The summed E-state index contributed by atoms with van der Waals surface area (Å²) in [6.45, 7) is 0. The summed E-state index contributed by atoms with van der Waals surface area (Å²) in [6, 6.07) is 4.95. The zero-order valence-electron chi connectivity index (χ0n) is 9.66. The molecular weight excluding hydrogens is 260 g/mol. The van der Waals surface area contributed by atoms with Crippen molar-refractivity contribution in [1.82, 2.24) is 4.98 Å². The molecule has 19 heavy (non-hydrogen) atoms. The minimum atomic E-state index is -4.53. The molecule has 0 fully saturated rings. The zero-order valence-corrected chi connectivity index (χ0v) is 9.66. The summed E-state index contributed by atoms with van der Waals surface area (Å²) < 4.78 is 52.1. The van der Waals surface area contributed by atoms with Crippen molar-refractivity contribution < 1.29 is 17.6 Å². The molecule has 1 aromatic carbocycles. The van der Waals surface area contributed by atoms with E-state index >= 15 is 0 Å². The third kappa shape index (κ3) is 2.73.